The van der Waals surface area contributed by atoms with Crippen LogP contribution < -0.4 is 4.74 Å². The quantitative estimate of drug-likeness (QED) is 0.577. The Kier molecular flexibility index (Phi) is 4.89. The van der Waals surface area contributed by atoms with E-state index < -0.39 is 4.92 Å². The average molecular weight is 290 g/mol. The van der Waals surface area contributed by atoms with Crippen molar-refractivity contribution in [2.75, 3.05) is 13.7 Å². The number of hydrogen-bond donors (Lipinski definition) is 0. The third-order valence-corrected chi connectivity index (χ3v) is 2.90. The van der Waals surface area contributed by atoms with Gasteiger partial charge in [-0.2, -0.15) is 5.10 Å². The molecule has 0 spiro atoms. The van der Waals surface area contributed by atoms with E-state index in [0.29, 0.717) is 13.3 Å². The van der Waals surface area contributed by atoms with Crippen molar-refractivity contribution in [1.82, 2.24) is 14.7 Å². The molecule has 0 saturated carbocycles. The lowest BCUT2D eigenvalue weighted by Gasteiger charge is -2.16. The Morgan fingerprint density at radius 2 is 2.10 bits per heavy atom. The molecule has 0 fully saturated rings. The molecule has 0 bridgehead atoms. The largest absolute Gasteiger partial charge is 0.494 e. The summed E-state index contributed by atoms with van der Waals surface area (Å²) in [5.74, 6) is 0.853. The number of benzene rings is 1. The summed E-state index contributed by atoms with van der Waals surface area (Å²) < 4.78 is 6.94. The molecule has 1 aromatic carbocycles. The van der Waals surface area contributed by atoms with Gasteiger partial charge in [0, 0.05) is 6.54 Å². The van der Waals surface area contributed by atoms with E-state index in [4.69, 9.17) is 4.74 Å². The normalized spacial score (nSPS) is 10.8. The minimum absolute atomic E-state index is 0.00414. The van der Waals surface area contributed by atoms with Gasteiger partial charge in [-0.15, -0.1) is 0 Å². The van der Waals surface area contributed by atoms with Crippen LogP contribution in [0, 0.1) is 10.1 Å². The van der Waals surface area contributed by atoms with Crippen molar-refractivity contribution >= 4 is 5.69 Å². The fraction of sp³-hybridized carbons (Fsp3) is 0.357. The van der Waals surface area contributed by atoms with Gasteiger partial charge >= 0.3 is 5.69 Å². The summed E-state index contributed by atoms with van der Waals surface area (Å²) in [6.07, 6.45) is 2.68. The van der Waals surface area contributed by atoms with E-state index >= 15 is 0 Å². The fourth-order valence-electron chi connectivity index (χ4n) is 1.99. The zero-order chi connectivity index (χ0) is 15.2. The first-order valence-corrected chi connectivity index (χ1v) is 6.65. The molecule has 0 saturated heterocycles. The van der Waals surface area contributed by atoms with Crippen molar-refractivity contribution < 1.29 is 9.66 Å². The third-order valence-electron chi connectivity index (χ3n) is 2.90. The van der Waals surface area contributed by atoms with E-state index in [2.05, 4.69) is 5.10 Å². The van der Waals surface area contributed by atoms with Crippen LogP contribution in [0.2, 0.25) is 0 Å². The number of nitrogens with zero attached hydrogens (tertiary/aromatic N) is 4. The zero-order valence-electron chi connectivity index (χ0n) is 12.1. The molecule has 0 radical (unpaired) electrons. The van der Waals surface area contributed by atoms with Gasteiger partial charge in [-0.25, -0.2) is 0 Å². The predicted molar refractivity (Wildman–Crippen MR) is 78.0 cm³/mol. The highest BCUT2D eigenvalue weighted by molar-refractivity contribution is 5.27. The first-order valence-electron chi connectivity index (χ1n) is 6.65. The van der Waals surface area contributed by atoms with Crippen LogP contribution in [-0.4, -0.2) is 33.3 Å². The molecule has 1 heterocycles. The van der Waals surface area contributed by atoms with Crippen molar-refractivity contribution in [3.63, 3.8) is 0 Å². The van der Waals surface area contributed by atoms with Gasteiger partial charge in [-0.05, 0) is 31.7 Å². The maximum Gasteiger partial charge on any atom is 0.307 e. The van der Waals surface area contributed by atoms with Crippen LogP contribution in [-0.2, 0) is 13.2 Å². The van der Waals surface area contributed by atoms with Gasteiger partial charge in [0.25, 0.3) is 0 Å². The predicted octanol–water partition coefficient (Wildman–Crippen LogP) is 2.28. The first-order chi connectivity index (χ1) is 10.1. The number of ether oxygens (including phenoxy) is 1. The number of rotatable bonds is 7. The summed E-state index contributed by atoms with van der Waals surface area (Å²) in [6.45, 7) is 3.81. The number of aromatic nitrogens is 2. The lowest BCUT2D eigenvalue weighted by molar-refractivity contribution is -0.385. The maximum absolute atomic E-state index is 10.6. The Labute approximate surface area is 122 Å². The molecule has 0 N–H and O–H groups in total. The van der Waals surface area contributed by atoms with Crippen LogP contribution in [0.15, 0.2) is 36.7 Å². The molecule has 21 heavy (non-hydrogen) atoms. The lowest BCUT2D eigenvalue weighted by Crippen LogP contribution is -2.21. The molecule has 0 amide bonds. The van der Waals surface area contributed by atoms with Crippen molar-refractivity contribution in [3.05, 3.63) is 52.3 Å². The third kappa shape index (κ3) is 4.28. The monoisotopic (exact) mass is 290 g/mol. The maximum atomic E-state index is 10.6. The molecule has 7 nitrogen and oxygen atoms in total. The van der Waals surface area contributed by atoms with Crippen molar-refractivity contribution in [1.29, 1.82) is 0 Å². The molecule has 0 aliphatic rings. The smallest absolute Gasteiger partial charge is 0.307 e. The summed E-state index contributed by atoms with van der Waals surface area (Å²) in [5.41, 5.74) is 1.15. The van der Waals surface area contributed by atoms with Gasteiger partial charge in [-0.1, -0.05) is 12.1 Å². The van der Waals surface area contributed by atoms with E-state index in [1.54, 1.807) is 4.68 Å². The highest BCUT2D eigenvalue weighted by atomic mass is 16.6. The van der Waals surface area contributed by atoms with Crippen LogP contribution in [0.5, 0.6) is 5.75 Å². The van der Waals surface area contributed by atoms with Gasteiger partial charge in [0.1, 0.15) is 18.1 Å². The SMILES string of the molecule is CCOc1ccc(CN(C)Cn2cc([N+](=O)[O-])cn2)cc1. The van der Waals surface area contributed by atoms with Crippen molar-refractivity contribution in [2.45, 2.75) is 20.1 Å². The fourth-order valence-corrected chi connectivity index (χ4v) is 1.99. The van der Waals surface area contributed by atoms with Gasteiger partial charge in [0.05, 0.1) is 18.2 Å². The number of hydrogen-bond acceptors (Lipinski definition) is 5. The van der Waals surface area contributed by atoms with Gasteiger partial charge in [0.2, 0.25) is 0 Å². The molecular formula is C14H18N4O3. The molecule has 2 rings (SSSR count). The van der Waals surface area contributed by atoms with Crippen LogP contribution in [0.3, 0.4) is 0 Å². The zero-order valence-corrected chi connectivity index (χ0v) is 12.1. The van der Waals surface area contributed by atoms with E-state index in [0.717, 1.165) is 17.9 Å². The molecule has 0 aliphatic carbocycles. The summed E-state index contributed by atoms with van der Waals surface area (Å²) >= 11 is 0. The lowest BCUT2D eigenvalue weighted by atomic mass is 10.2. The first kappa shape index (κ1) is 15.0. The van der Waals surface area contributed by atoms with Crippen LogP contribution >= 0.6 is 0 Å². The Bertz CT molecular complexity index is 595. The minimum atomic E-state index is -0.448. The second kappa shape index (κ2) is 6.85. The highest BCUT2D eigenvalue weighted by Gasteiger charge is 2.10. The van der Waals surface area contributed by atoms with E-state index in [-0.39, 0.29) is 5.69 Å². The molecule has 2 aromatic rings. The van der Waals surface area contributed by atoms with Crippen LogP contribution in [0.25, 0.3) is 0 Å². The Morgan fingerprint density at radius 3 is 2.67 bits per heavy atom. The van der Waals surface area contributed by atoms with E-state index in [1.807, 2.05) is 43.1 Å². The summed E-state index contributed by atoms with van der Waals surface area (Å²) in [6, 6.07) is 7.89. The molecular weight excluding hydrogens is 272 g/mol. The molecule has 0 aliphatic heterocycles. The Morgan fingerprint density at radius 1 is 1.38 bits per heavy atom. The standard InChI is InChI=1S/C14H18N4O3/c1-3-21-14-6-4-12(5-7-14)9-16(2)11-17-10-13(8-15-17)18(19)20/h4-8,10H,3,9,11H2,1-2H3. The molecule has 0 unspecified atom stereocenters. The average Bonchev–Trinajstić information content (AvgIpc) is 2.90. The van der Waals surface area contributed by atoms with Crippen LogP contribution in [0.1, 0.15) is 12.5 Å². The summed E-state index contributed by atoms with van der Waals surface area (Å²) in [5, 5.41) is 14.6. The second-order valence-electron chi connectivity index (χ2n) is 4.73. The second-order valence-corrected chi connectivity index (χ2v) is 4.73. The van der Waals surface area contributed by atoms with Gasteiger partial charge < -0.3 is 4.74 Å². The van der Waals surface area contributed by atoms with Gasteiger partial charge in [0.15, 0.2) is 0 Å². The van der Waals surface area contributed by atoms with E-state index in [9.17, 15) is 10.1 Å². The molecule has 0 atom stereocenters. The van der Waals surface area contributed by atoms with Gasteiger partial charge in [-0.3, -0.25) is 19.7 Å². The van der Waals surface area contributed by atoms with E-state index in [1.165, 1.54) is 12.4 Å². The molecule has 7 heteroatoms. The molecule has 112 valence electrons. The topological polar surface area (TPSA) is 73.4 Å². The van der Waals surface area contributed by atoms with Crippen LogP contribution in [0.4, 0.5) is 5.69 Å². The highest BCUT2D eigenvalue weighted by Crippen LogP contribution is 2.14. The minimum Gasteiger partial charge on any atom is -0.494 e. The van der Waals surface area contributed by atoms with Crippen molar-refractivity contribution in [3.8, 4) is 5.75 Å². The number of nitro groups is 1. The van der Waals surface area contributed by atoms with Crippen molar-refractivity contribution in [2.24, 2.45) is 0 Å². The molecule has 1 aromatic heterocycles. The summed E-state index contributed by atoms with van der Waals surface area (Å²) in [7, 11) is 1.93. The Balaban J connectivity index is 1.91. The Hall–Kier alpha value is -2.41. The summed E-state index contributed by atoms with van der Waals surface area (Å²) in [4.78, 5) is 12.2.